The predicted octanol–water partition coefficient (Wildman–Crippen LogP) is 3.66. The fraction of sp³-hybridized carbons (Fsp3) is 0.500. The third-order valence-corrected chi connectivity index (χ3v) is 6.19. The molecule has 29 heavy (non-hydrogen) atoms. The molecule has 1 amide bonds. The van der Waals surface area contributed by atoms with Gasteiger partial charge in [0.15, 0.2) is 5.16 Å². The van der Waals surface area contributed by atoms with E-state index < -0.39 is 0 Å². The maximum Gasteiger partial charge on any atom is 0.251 e. The Kier molecular flexibility index (Phi) is 6.67. The van der Waals surface area contributed by atoms with E-state index in [2.05, 4.69) is 15.2 Å². The maximum absolute atomic E-state index is 12.3. The zero-order chi connectivity index (χ0) is 20.1. The Morgan fingerprint density at radius 1 is 1.24 bits per heavy atom. The Hall–Kier alpha value is -2.12. The molecular weight excluding hydrogens is 384 g/mol. The van der Waals surface area contributed by atoms with Crippen molar-refractivity contribution in [1.82, 2.24) is 15.3 Å². The third kappa shape index (κ3) is 5.70. The number of hydrogen-bond donors (Lipinski definition) is 1. The summed E-state index contributed by atoms with van der Waals surface area (Å²) < 4.78 is 5.29. The van der Waals surface area contributed by atoms with Crippen molar-refractivity contribution in [3.8, 4) is 0 Å². The van der Waals surface area contributed by atoms with Crippen LogP contribution in [0.15, 0.2) is 35.5 Å². The van der Waals surface area contributed by atoms with Crippen LogP contribution in [0, 0.1) is 5.92 Å². The van der Waals surface area contributed by atoms with Crippen LogP contribution in [0.1, 0.15) is 47.3 Å². The van der Waals surface area contributed by atoms with Crippen LogP contribution in [0.25, 0.3) is 0 Å². The summed E-state index contributed by atoms with van der Waals surface area (Å²) in [5.41, 5.74) is 2.72. The molecule has 7 heteroatoms. The average Bonchev–Trinajstić information content (AvgIpc) is 3.41. The van der Waals surface area contributed by atoms with Crippen LogP contribution in [0.2, 0.25) is 0 Å². The summed E-state index contributed by atoms with van der Waals surface area (Å²) in [6.45, 7) is 3.36. The second-order valence-electron chi connectivity index (χ2n) is 7.77. The van der Waals surface area contributed by atoms with Crippen molar-refractivity contribution >= 4 is 23.5 Å². The quantitative estimate of drug-likeness (QED) is 0.501. The number of anilines is 1. The molecule has 1 aliphatic carbocycles. The molecule has 0 bridgehead atoms. The van der Waals surface area contributed by atoms with Gasteiger partial charge in [0, 0.05) is 44.1 Å². The average molecular weight is 413 g/mol. The second-order valence-corrected chi connectivity index (χ2v) is 8.71. The summed E-state index contributed by atoms with van der Waals surface area (Å²) in [7, 11) is 1.68. The number of benzene rings is 1. The van der Waals surface area contributed by atoms with Gasteiger partial charge in [0.05, 0.1) is 12.3 Å². The van der Waals surface area contributed by atoms with E-state index in [4.69, 9.17) is 9.72 Å². The lowest BCUT2D eigenvalue weighted by molar-refractivity contribution is 0.0951. The normalized spacial score (nSPS) is 16.2. The van der Waals surface area contributed by atoms with Crippen molar-refractivity contribution in [3.05, 3.63) is 47.2 Å². The number of nitrogens with one attached hydrogen (secondary N) is 1. The molecule has 1 aliphatic heterocycles. The Morgan fingerprint density at radius 2 is 2.07 bits per heavy atom. The summed E-state index contributed by atoms with van der Waals surface area (Å²) in [4.78, 5) is 24.1. The standard InChI is InChI=1S/C22H28N4O2S/c1-28-14-19-12-20(26-9-2-3-10-26)25-22(24-19)29-15-17-5-4-6-18(11-17)21(27)23-13-16-7-8-16/h4-6,11-12,16H,2-3,7-10,13-15H2,1H3,(H,23,27). The lowest BCUT2D eigenvalue weighted by Gasteiger charge is -2.17. The van der Waals surface area contributed by atoms with E-state index in [-0.39, 0.29) is 5.91 Å². The van der Waals surface area contributed by atoms with E-state index in [0.717, 1.165) is 53.2 Å². The fourth-order valence-electron chi connectivity index (χ4n) is 3.47. The van der Waals surface area contributed by atoms with E-state index in [1.807, 2.05) is 30.3 Å². The van der Waals surface area contributed by atoms with Crippen LogP contribution in [0.4, 0.5) is 5.82 Å². The molecule has 1 aromatic heterocycles. The van der Waals surface area contributed by atoms with Gasteiger partial charge in [0.25, 0.3) is 5.91 Å². The molecule has 6 nitrogen and oxygen atoms in total. The Labute approximate surface area is 176 Å². The van der Waals surface area contributed by atoms with Gasteiger partial charge in [0.1, 0.15) is 5.82 Å². The lowest BCUT2D eigenvalue weighted by atomic mass is 10.1. The Bertz CT molecular complexity index is 850. The van der Waals surface area contributed by atoms with Gasteiger partial charge in [0.2, 0.25) is 0 Å². The Morgan fingerprint density at radius 3 is 2.83 bits per heavy atom. The number of thioether (sulfide) groups is 1. The van der Waals surface area contributed by atoms with Gasteiger partial charge in [-0.25, -0.2) is 9.97 Å². The predicted molar refractivity (Wildman–Crippen MR) is 115 cm³/mol. The summed E-state index contributed by atoms with van der Waals surface area (Å²) in [5, 5.41) is 3.79. The van der Waals surface area contributed by atoms with E-state index in [1.165, 1.54) is 25.7 Å². The first-order chi connectivity index (χ1) is 14.2. The molecule has 4 rings (SSSR count). The molecule has 0 radical (unpaired) electrons. The van der Waals surface area contributed by atoms with Crippen LogP contribution in [-0.2, 0) is 17.1 Å². The molecule has 0 atom stereocenters. The van der Waals surface area contributed by atoms with Gasteiger partial charge in [-0.3, -0.25) is 4.79 Å². The topological polar surface area (TPSA) is 67.3 Å². The number of ether oxygens (including phenoxy) is 1. The van der Waals surface area contributed by atoms with E-state index >= 15 is 0 Å². The highest BCUT2D eigenvalue weighted by molar-refractivity contribution is 7.98. The molecule has 154 valence electrons. The third-order valence-electron chi connectivity index (χ3n) is 5.27. The van der Waals surface area contributed by atoms with Gasteiger partial charge in [-0.05, 0) is 49.3 Å². The van der Waals surface area contributed by atoms with Crippen LogP contribution in [0.5, 0.6) is 0 Å². The maximum atomic E-state index is 12.3. The first kappa shape index (κ1) is 20.2. The van der Waals surface area contributed by atoms with E-state index in [9.17, 15) is 4.79 Å². The van der Waals surface area contributed by atoms with Crippen molar-refractivity contribution in [3.63, 3.8) is 0 Å². The summed E-state index contributed by atoms with van der Waals surface area (Å²) in [6.07, 6.45) is 4.89. The number of nitrogens with zero attached hydrogens (tertiary/aromatic N) is 3. The summed E-state index contributed by atoms with van der Waals surface area (Å²) in [6, 6.07) is 9.86. The largest absolute Gasteiger partial charge is 0.378 e. The van der Waals surface area contributed by atoms with Gasteiger partial charge in [-0.1, -0.05) is 23.9 Å². The minimum Gasteiger partial charge on any atom is -0.378 e. The van der Waals surface area contributed by atoms with Gasteiger partial charge in [-0.2, -0.15) is 0 Å². The monoisotopic (exact) mass is 412 g/mol. The second kappa shape index (κ2) is 9.59. The first-order valence-corrected chi connectivity index (χ1v) is 11.3. The molecule has 1 aromatic carbocycles. The zero-order valence-electron chi connectivity index (χ0n) is 16.9. The minimum absolute atomic E-state index is 0.0124. The van der Waals surface area contributed by atoms with Gasteiger partial charge in [-0.15, -0.1) is 0 Å². The minimum atomic E-state index is 0.0124. The van der Waals surface area contributed by atoms with Crippen LogP contribution < -0.4 is 10.2 Å². The highest BCUT2D eigenvalue weighted by Gasteiger charge is 2.22. The van der Waals surface area contributed by atoms with Crippen molar-refractivity contribution in [2.75, 3.05) is 31.6 Å². The molecule has 2 heterocycles. The summed E-state index contributed by atoms with van der Waals surface area (Å²) in [5.74, 6) is 2.40. The van der Waals surface area contributed by atoms with Crippen molar-refractivity contribution in [2.45, 2.75) is 43.2 Å². The number of aromatic nitrogens is 2. The number of methoxy groups -OCH3 is 1. The van der Waals surface area contributed by atoms with Crippen LogP contribution in [-0.4, -0.2) is 42.6 Å². The Balaban J connectivity index is 1.42. The molecular formula is C22H28N4O2S. The summed E-state index contributed by atoms with van der Waals surface area (Å²) >= 11 is 1.60. The fourth-order valence-corrected chi connectivity index (χ4v) is 4.28. The number of rotatable bonds is 9. The molecule has 1 N–H and O–H groups in total. The number of carbonyl (C=O) groups excluding carboxylic acids is 1. The smallest absolute Gasteiger partial charge is 0.251 e. The molecule has 2 aliphatic rings. The first-order valence-electron chi connectivity index (χ1n) is 10.3. The number of amides is 1. The molecule has 1 saturated heterocycles. The lowest BCUT2D eigenvalue weighted by Crippen LogP contribution is -2.25. The number of hydrogen-bond acceptors (Lipinski definition) is 6. The molecule has 2 aromatic rings. The van der Waals surface area contributed by atoms with Crippen molar-refractivity contribution < 1.29 is 9.53 Å². The van der Waals surface area contributed by atoms with Gasteiger partial charge >= 0.3 is 0 Å². The highest BCUT2D eigenvalue weighted by atomic mass is 32.2. The molecule has 1 saturated carbocycles. The van der Waals surface area contributed by atoms with Crippen LogP contribution >= 0.6 is 11.8 Å². The van der Waals surface area contributed by atoms with E-state index in [0.29, 0.717) is 12.5 Å². The molecule has 2 fully saturated rings. The zero-order valence-corrected chi connectivity index (χ0v) is 17.7. The van der Waals surface area contributed by atoms with Crippen molar-refractivity contribution in [2.24, 2.45) is 5.92 Å². The highest BCUT2D eigenvalue weighted by Crippen LogP contribution is 2.28. The van der Waals surface area contributed by atoms with Crippen molar-refractivity contribution in [1.29, 1.82) is 0 Å². The van der Waals surface area contributed by atoms with Gasteiger partial charge < -0.3 is 15.0 Å². The molecule has 0 unspecified atom stereocenters. The van der Waals surface area contributed by atoms with E-state index in [1.54, 1.807) is 18.9 Å². The molecule has 0 spiro atoms. The van der Waals surface area contributed by atoms with Crippen LogP contribution in [0.3, 0.4) is 0 Å². The SMILES string of the molecule is COCc1cc(N2CCCC2)nc(SCc2cccc(C(=O)NCC3CC3)c2)n1. The number of carbonyl (C=O) groups is 1.